The van der Waals surface area contributed by atoms with Crippen LogP contribution in [-0.2, 0) is 6.54 Å². The molecule has 0 unspecified atom stereocenters. The number of ether oxygens (including phenoxy) is 2. The maximum absolute atomic E-state index is 8.86. The minimum Gasteiger partial charge on any atom is -0.454 e. The molecule has 1 aromatic carbocycles. The third kappa shape index (κ3) is 2.00. The molecule has 0 bridgehead atoms. The van der Waals surface area contributed by atoms with E-state index in [2.05, 4.69) is 9.97 Å². The topological polar surface area (TPSA) is 70.6 Å². The summed E-state index contributed by atoms with van der Waals surface area (Å²) in [5.74, 6) is 2.36. The molecule has 0 saturated heterocycles. The lowest BCUT2D eigenvalue weighted by atomic mass is 10.3. The Balaban J connectivity index is 1.87. The number of aromatic amines is 1. The van der Waals surface area contributed by atoms with Crippen LogP contribution in [0.4, 0.5) is 0 Å². The molecular weight excluding hydrogens is 234 g/mol. The second-order valence-electron chi connectivity index (χ2n) is 4.37. The fourth-order valence-electron chi connectivity index (χ4n) is 2.03. The van der Waals surface area contributed by atoms with Gasteiger partial charge in [0.15, 0.2) is 11.5 Å². The van der Waals surface area contributed by atoms with Crippen LogP contribution in [0.5, 0.6) is 11.5 Å². The van der Waals surface area contributed by atoms with Crippen LogP contribution in [0.15, 0.2) is 12.1 Å². The molecule has 1 aliphatic rings. The molecule has 0 fully saturated rings. The van der Waals surface area contributed by atoms with E-state index in [9.17, 15) is 0 Å². The normalized spacial score (nSPS) is 13.7. The Morgan fingerprint density at radius 1 is 1.39 bits per heavy atom. The molecule has 0 spiro atoms. The first-order chi connectivity index (χ1) is 8.76. The minimum atomic E-state index is 0.146. The van der Waals surface area contributed by atoms with Gasteiger partial charge in [0.25, 0.3) is 0 Å². The highest BCUT2D eigenvalue weighted by Gasteiger charge is 2.16. The van der Waals surface area contributed by atoms with Crippen molar-refractivity contribution in [1.29, 1.82) is 0 Å². The molecule has 6 nitrogen and oxygen atoms in total. The highest BCUT2D eigenvalue weighted by atomic mass is 16.7. The molecule has 2 N–H and O–H groups in total. The summed E-state index contributed by atoms with van der Waals surface area (Å²) < 4.78 is 10.6. The zero-order valence-corrected chi connectivity index (χ0v) is 10.1. The molecule has 2 heterocycles. The van der Waals surface area contributed by atoms with Crippen molar-refractivity contribution in [2.24, 2.45) is 0 Å². The fraction of sp³-hybridized carbons (Fsp3) is 0.417. The lowest BCUT2D eigenvalue weighted by molar-refractivity contribution is 0.174. The third-order valence-corrected chi connectivity index (χ3v) is 2.93. The van der Waals surface area contributed by atoms with Crippen LogP contribution in [0.25, 0.3) is 11.0 Å². The van der Waals surface area contributed by atoms with Gasteiger partial charge in [-0.05, 0) is 7.05 Å². The quantitative estimate of drug-likeness (QED) is 0.835. The maximum Gasteiger partial charge on any atom is 0.231 e. The van der Waals surface area contributed by atoms with Gasteiger partial charge in [-0.2, -0.15) is 0 Å². The van der Waals surface area contributed by atoms with E-state index in [4.69, 9.17) is 14.6 Å². The number of nitrogens with zero attached hydrogens (tertiary/aromatic N) is 2. The van der Waals surface area contributed by atoms with Crippen LogP contribution in [-0.4, -0.2) is 47.0 Å². The third-order valence-electron chi connectivity index (χ3n) is 2.93. The SMILES string of the molecule is CN(CCO)Cc1nc2cc3c(cc2[nH]1)OCO3. The second-order valence-corrected chi connectivity index (χ2v) is 4.37. The lowest BCUT2D eigenvalue weighted by Gasteiger charge is -2.12. The zero-order valence-electron chi connectivity index (χ0n) is 10.1. The van der Waals surface area contributed by atoms with Crippen molar-refractivity contribution in [3.63, 3.8) is 0 Å². The molecule has 0 radical (unpaired) electrons. The van der Waals surface area contributed by atoms with Gasteiger partial charge in [0.05, 0.1) is 24.2 Å². The number of aliphatic hydroxyl groups excluding tert-OH is 1. The molecule has 1 aliphatic heterocycles. The standard InChI is InChI=1S/C12H15N3O3/c1-15(2-3-16)6-12-13-8-4-10-11(18-7-17-10)5-9(8)14-12/h4-5,16H,2-3,6-7H2,1H3,(H,13,14). The number of H-pyrrole nitrogens is 1. The van der Waals surface area contributed by atoms with Crippen molar-refractivity contribution in [2.75, 3.05) is 27.0 Å². The summed E-state index contributed by atoms with van der Waals surface area (Å²) in [7, 11) is 1.94. The van der Waals surface area contributed by atoms with Gasteiger partial charge in [-0.1, -0.05) is 0 Å². The van der Waals surface area contributed by atoms with Gasteiger partial charge < -0.3 is 19.6 Å². The highest BCUT2D eigenvalue weighted by Crippen LogP contribution is 2.35. The van der Waals surface area contributed by atoms with Crippen LogP contribution in [0.2, 0.25) is 0 Å². The van der Waals surface area contributed by atoms with E-state index in [1.54, 1.807) is 0 Å². The van der Waals surface area contributed by atoms with Crippen molar-refractivity contribution < 1.29 is 14.6 Å². The molecule has 0 saturated carbocycles. The fourth-order valence-corrected chi connectivity index (χ4v) is 2.03. The molecule has 0 aliphatic carbocycles. The summed E-state index contributed by atoms with van der Waals surface area (Å²) in [5.41, 5.74) is 1.80. The number of benzene rings is 1. The average molecular weight is 249 g/mol. The molecule has 0 atom stereocenters. The monoisotopic (exact) mass is 249 g/mol. The minimum absolute atomic E-state index is 0.146. The number of aliphatic hydroxyl groups is 1. The number of rotatable bonds is 4. The Hall–Kier alpha value is -1.79. The predicted molar refractivity (Wildman–Crippen MR) is 65.6 cm³/mol. The Morgan fingerprint density at radius 2 is 2.17 bits per heavy atom. The summed E-state index contributed by atoms with van der Waals surface area (Å²) in [6, 6.07) is 3.78. The van der Waals surface area contributed by atoms with Gasteiger partial charge in [-0.15, -0.1) is 0 Å². The van der Waals surface area contributed by atoms with Crippen LogP contribution >= 0.6 is 0 Å². The maximum atomic E-state index is 8.86. The van der Waals surface area contributed by atoms with E-state index in [0.717, 1.165) is 28.4 Å². The van der Waals surface area contributed by atoms with E-state index in [1.807, 2.05) is 24.1 Å². The highest BCUT2D eigenvalue weighted by molar-refractivity contribution is 5.80. The number of hydrogen-bond donors (Lipinski definition) is 2. The van der Waals surface area contributed by atoms with Crippen molar-refractivity contribution in [3.05, 3.63) is 18.0 Å². The van der Waals surface area contributed by atoms with Crippen LogP contribution in [0, 0.1) is 0 Å². The van der Waals surface area contributed by atoms with Gasteiger partial charge in [-0.25, -0.2) is 4.98 Å². The Bertz CT molecular complexity index is 526. The number of nitrogens with one attached hydrogen (secondary N) is 1. The Kier molecular flexibility index (Phi) is 2.81. The number of hydrogen-bond acceptors (Lipinski definition) is 5. The first kappa shape index (κ1) is 11.3. The molecule has 2 aromatic rings. The first-order valence-corrected chi connectivity index (χ1v) is 5.84. The smallest absolute Gasteiger partial charge is 0.231 e. The van der Waals surface area contributed by atoms with Crippen LogP contribution in [0.1, 0.15) is 5.82 Å². The van der Waals surface area contributed by atoms with Crippen molar-refractivity contribution in [1.82, 2.24) is 14.9 Å². The first-order valence-electron chi connectivity index (χ1n) is 5.84. The molecule has 3 rings (SSSR count). The molecule has 1 aromatic heterocycles. The molecular formula is C12H15N3O3. The van der Waals surface area contributed by atoms with Gasteiger partial charge in [0, 0.05) is 18.7 Å². The van der Waals surface area contributed by atoms with Crippen molar-refractivity contribution >= 4 is 11.0 Å². The van der Waals surface area contributed by atoms with Gasteiger partial charge in [-0.3, -0.25) is 4.90 Å². The largest absolute Gasteiger partial charge is 0.454 e. The van der Waals surface area contributed by atoms with Gasteiger partial charge >= 0.3 is 0 Å². The molecule has 96 valence electrons. The summed E-state index contributed by atoms with van der Waals surface area (Å²) in [4.78, 5) is 9.74. The van der Waals surface area contributed by atoms with Crippen LogP contribution in [0.3, 0.4) is 0 Å². The van der Waals surface area contributed by atoms with Crippen molar-refractivity contribution in [3.8, 4) is 11.5 Å². The summed E-state index contributed by atoms with van der Waals surface area (Å²) >= 11 is 0. The Labute approximate surface area is 104 Å². The number of likely N-dealkylation sites (N-methyl/N-ethyl adjacent to an activating group) is 1. The molecule has 0 amide bonds. The van der Waals surface area contributed by atoms with Gasteiger partial charge in [0.2, 0.25) is 6.79 Å². The second kappa shape index (κ2) is 4.47. The summed E-state index contributed by atoms with van der Waals surface area (Å²) in [6.07, 6.45) is 0. The predicted octanol–water partition coefficient (Wildman–Crippen LogP) is 0.716. The number of imidazole rings is 1. The van der Waals surface area contributed by atoms with Gasteiger partial charge in [0.1, 0.15) is 5.82 Å². The Morgan fingerprint density at radius 3 is 2.94 bits per heavy atom. The van der Waals surface area contributed by atoms with E-state index < -0.39 is 0 Å². The van der Waals surface area contributed by atoms with E-state index in [-0.39, 0.29) is 13.4 Å². The van der Waals surface area contributed by atoms with Crippen LogP contribution < -0.4 is 9.47 Å². The van der Waals surface area contributed by atoms with E-state index in [1.165, 1.54) is 0 Å². The number of aromatic nitrogens is 2. The number of fused-ring (bicyclic) bond motifs is 2. The lowest BCUT2D eigenvalue weighted by Crippen LogP contribution is -2.22. The average Bonchev–Trinajstić information content (AvgIpc) is 2.90. The summed E-state index contributed by atoms with van der Waals surface area (Å²) in [5, 5.41) is 8.86. The molecule has 6 heteroatoms. The van der Waals surface area contributed by atoms with Crippen molar-refractivity contribution in [2.45, 2.75) is 6.54 Å². The summed E-state index contributed by atoms with van der Waals surface area (Å²) in [6.45, 7) is 1.71. The van der Waals surface area contributed by atoms with E-state index >= 15 is 0 Å². The van der Waals surface area contributed by atoms with E-state index in [0.29, 0.717) is 13.1 Å². The zero-order chi connectivity index (χ0) is 12.5. The molecule has 18 heavy (non-hydrogen) atoms.